The number of nitrogens with one attached hydrogen (secondary N) is 1. The van der Waals surface area contributed by atoms with Crippen LogP contribution in [0.3, 0.4) is 0 Å². The fraction of sp³-hybridized carbons (Fsp3) is 0.455. The molecule has 0 spiro atoms. The first kappa shape index (κ1) is 12.2. The summed E-state index contributed by atoms with van der Waals surface area (Å²) < 4.78 is 5.28. The van der Waals surface area contributed by atoms with Gasteiger partial charge >= 0.3 is 0 Å². The zero-order valence-corrected chi connectivity index (χ0v) is 10.6. The molecule has 3 N–H and O–H groups in total. The molecule has 0 bridgehead atoms. The maximum atomic E-state index is 5.63. The fourth-order valence-electron chi connectivity index (χ4n) is 1.71. The Bertz CT molecular complexity index is 418. The topological polar surface area (TPSA) is 63.4 Å². The third-order valence-electron chi connectivity index (χ3n) is 2.52. The van der Waals surface area contributed by atoms with Gasteiger partial charge in [-0.05, 0) is 19.1 Å². The minimum absolute atomic E-state index is 0.389. The van der Waals surface area contributed by atoms with Crippen LogP contribution in [0.25, 0.3) is 0 Å². The second kappa shape index (κ2) is 5.39. The van der Waals surface area contributed by atoms with Crippen LogP contribution in [0.4, 0.5) is 5.82 Å². The number of morpholine rings is 1. The fourth-order valence-corrected chi connectivity index (χ4v) is 1.82. The molecule has 0 atom stereocenters. The maximum Gasteiger partial charge on any atom is 0.141 e. The molecule has 17 heavy (non-hydrogen) atoms. The number of anilines is 1. The molecule has 1 fully saturated rings. The van der Waals surface area contributed by atoms with Gasteiger partial charge in [0.05, 0.1) is 13.2 Å². The van der Waals surface area contributed by atoms with Crippen molar-refractivity contribution in [3.63, 3.8) is 0 Å². The third kappa shape index (κ3) is 3.36. The van der Waals surface area contributed by atoms with Gasteiger partial charge in [0.1, 0.15) is 10.8 Å². The Balaban J connectivity index is 2.11. The van der Waals surface area contributed by atoms with Crippen LogP contribution in [0.1, 0.15) is 11.3 Å². The molecule has 1 aromatic rings. The lowest BCUT2D eigenvalue weighted by molar-refractivity contribution is 0.0495. The molecule has 0 aromatic carbocycles. The molecule has 1 aliphatic heterocycles. The SMILES string of the molecule is Cc1cc(C(N)=S)cc(NN2CCOCC2)n1. The lowest BCUT2D eigenvalue weighted by Crippen LogP contribution is -2.40. The molecule has 0 radical (unpaired) electrons. The van der Waals surface area contributed by atoms with E-state index in [1.807, 2.05) is 19.1 Å². The van der Waals surface area contributed by atoms with Crippen LogP contribution >= 0.6 is 12.2 Å². The smallest absolute Gasteiger partial charge is 0.141 e. The van der Waals surface area contributed by atoms with Crippen LogP contribution in [-0.4, -0.2) is 41.3 Å². The molecule has 5 nitrogen and oxygen atoms in total. The number of hydrogen-bond donors (Lipinski definition) is 2. The van der Waals surface area contributed by atoms with E-state index in [9.17, 15) is 0 Å². The summed E-state index contributed by atoms with van der Waals surface area (Å²) in [5.41, 5.74) is 10.6. The molecular weight excluding hydrogens is 236 g/mol. The molecule has 0 unspecified atom stereocenters. The highest BCUT2D eigenvalue weighted by Crippen LogP contribution is 2.11. The number of hydrazine groups is 1. The third-order valence-corrected chi connectivity index (χ3v) is 2.76. The molecule has 2 rings (SSSR count). The van der Waals surface area contributed by atoms with Crippen molar-refractivity contribution in [2.75, 3.05) is 31.7 Å². The highest BCUT2D eigenvalue weighted by Gasteiger charge is 2.11. The second-order valence-corrected chi connectivity index (χ2v) is 4.40. The van der Waals surface area contributed by atoms with Crippen molar-refractivity contribution in [2.45, 2.75) is 6.92 Å². The monoisotopic (exact) mass is 252 g/mol. The van der Waals surface area contributed by atoms with Crippen molar-refractivity contribution in [1.82, 2.24) is 9.99 Å². The zero-order chi connectivity index (χ0) is 12.3. The van der Waals surface area contributed by atoms with E-state index in [1.165, 1.54) is 0 Å². The van der Waals surface area contributed by atoms with Gasteiger partial charge < -0.3 is 15.9 Å². The predicted octanol–water partition coefficient (Wildman–Crippen LogP) is 0.683. The number of aryl methyl sites for hydroxylation is 1. The Morgan fingerprint density at radius 3 is 2.82 bits per heavy atom. The van der Waals surface area contributed by atoms with Gasteiger partial charge in [-0.25, -0.2) is 9.99 Å². The molecule has 6 heteroatoms. The Morgan fingerprint density at radius 1 is 1.47 bits per heavy atom. The summed E-state index contributed by atoms with van der Waals surface area (Å²) in [6, 6.07) is 3.75. The highest BCUT2D eigenvalue weighted by atomic mass is 32.1. The van der Waals surface area contributed by atoms with E-state index in [1.54, 1.807) is 0 Å². The lowest BCUT2D eigenvalue weighted by Gasteiger charge is -2.27. The van der Waals surface area contributed by atoms with E-state index in [2.05, 4.69) is 15.4 Å². The molecular formula is C11H16N4OS. The van der Waals surface area contributed by atoms with Gasteiger partial charge in [-0.3, -0.25) is 0 Å². The van der Waals surface area contributed by atoms with Crippen LogP contribution < -0.4 is 11.2 Å². The summed E-state index contributed by atoms with van der Waals surface area (Å²) in [4.78, 5) is 4.79. The second-order valence-electron chi connectivity index (χ2n) is 3.96. The molecule has 0 saturated carbocycles. The van der Waals surface area contributed by atoms with Crippen molar-refractivity contribution in [3.05, 3.63) is 23.4 Å². The zero-order valence-electron chi connectivity index (χ0n) is 9.77. The van der Waals surface area contributed by atoms with Crippen molar-refractivity contribution < 1.29 is 4.74 Å². The van der Waals surface area contributed by atoms with E-state index in [0.717, 1.165) is 43.4 Å². The average molecular weight is 252 g/mol. The Morgan fingerprint density at radius 2 is 2.18 bits per heavy atom. The standard InChI is InChI=1S/C11H16N4OS/c1-8-6-9(11(12)17)7-10(13-8)14-15-2-4-16-5-3-15/h6-7H,2-5H2,1H3,(H2,12,17)(H,13,14). The molecule has 0 aliphatic carbocycles. The number of pyridine rings is 1. The van der Waals surface area contributed by atoms with Crippen LogP contribution in [0.2, 0.25) is 0 Å². The largest absolute Gasteiger partial charge is 0.389 e. The molecule has 1 aliphatic rings. The van der Waals surface area contributed by atoms with Crippen LogP contribution in [0, 0.1) is 6.92 Å². The van der Waals surface area contributed by atoms with Gasteiger partial charge in [0.15, 0.2) is 0 Å². The Labute approximate surface area is 106 Å². The number of rotatable bonds is 3. The van der Waals surface area contributed by atoms with E-state index < -0.39 is 0 Å². The molecule has 2 heterocycles. The van der Waals surface area contributed by atoms with E-state index >= 15 is 0 Å². The van der Waals surface area contributed by atoms with E-state index in [-0.39, 0.29) is 0 Å². The van der Waals surface area contributed by atoms with Crippen LogP contribution in [0.15, 0.2) is 12.1 Å². The summed E-state index contributed by atoms with van der Waals surface area (Å²) >= 11 is 4.97. The van der Waals surface area contributed by atoms with Crippen molar-refractivity contribution in [2.24, 2.45) is 5.73 Å². The number of nitrogens with zero attached hydrogens (tertiary/aromatic N) is 2. The lowest BCUT2D eigenvalue weighted by atomic mass is 10.2. The number of nitrogens with two attached hydrogens (primary N) is 1. The summed E-state index contributed by atoms with van der Waals surface area (Å²) in [6.07, 6.45) is 0. The number of ether oxygens (including phenoxy) is 1. The summed E-state index contributed by atoms with van der Waals surface area (Å²) in [5.74, 6) is 0.773. The highest BCUT2D eigenvalue weighted by molar-refractivity contribution is 7.80. The van der Waals surface area contributed by atoms with Gasteiger partial charge in [0.2, 0.25) is 0 Å². The van der Waals surface area contributed by atoms with Crippen molar-refractivity contribution in [1.29, 1.82) is 0 Å². The average Bonchev–Trinajstić information content (AvgIpc) is 2.29. The molecule has 92 valence electrons. The van der Waals surface area contributed by atoms with Crippen LogP contribution in [-0.2, 0) is 4.74 Å². The van der Waals surface area contributed by atoms with E-state index in [0.29, 0.717) is 4.99 Å². The first-order valence-electron chi connectivity index (χ1n) is 5.53. The maximum absolute atomic E-state index is 5.63. The van der Waals surface area contributed by atoms with Gasteiger partial charge in [-0.15, -0.1) is 0 Å². The molecule has 0 amide bonds. The summed E-state index contributed by atoms with van der Waals surface area (Å²) in [7, 11) is 0. The Kier molecular flexibility index (Phi) is 3.88. The van der Waals surface area contributed by atoms with Crippen LogP contribution in [0.5, 0.6) is 0 Å². The van der Waals surface area contributed by atoms with Gasteiger partial charge in [0, 0.05) is 24.3 Å². The number of aromatic nitrogens is 1. The summed E-state index contributed by atoms with van der Waals surface area (Å²) in [6.45, 7) is 5.09. The van der Waals surface area contributed by atoms with Crippen molar-refractivity contribution >= 4 is 23.0 Å². The quantitative estimate of drug-likeness (QED) is 0.772. The predicted molar refractivity (Wildman–Crippen MR) is 70.9 cm³/mol. The minimum Gasteiger partial charge on any atom is -0.389 e. The molecule has 1 aromatic heterocycles. The first-order valence-corrected chi connectivity index (χ1v) is 5.94. The Hall–Kier alpha value is -1.24. The van der Waals surface area contributed by atoms with Gasteiger partial charge in [-0.1, -0.05) is 12.2 Å². The van der Waals surface area contributed by atoms with Crippen molar-refractivity contribution in [3.8, 4) is 0 Å². The summed E-state index contributed by atoms with van der Waals surface area (Å²) in [5, 5.41) is 2.08. The number of thiocarbonyl (C=S) groups is 1. The number of hydrogen-bond acceptors (Lipinski definition) is 5. The minimum atomic E-state index is 0.389. The normalized spacial score (nSPS) is 16.8. The van der Waals surface area contributed by atoms with Gasteiger partial charge in [0.25, 0.3) is 0 Å². The van der Waals surface area contributed by atoms with E-state index in [4.69, 9.17) is 22.7 Å². The first-order chi connectivity index (χ1) is 8.15. The van der Waals surface area contributed by atoms with Gasteiger partial charge in [-0.2, -0.15) is 0 Å². The molecule has 1 saturated heterocycles.